The van der Waals surface area contributed by atoms with E-state index in [2.05, 4.69) is 16.0 Å². The number of ether oxygens (including phenoxy) is 1. The molecule has 28 heavy (non-hydrogen) atoms. The molecule has 1 aliphatic rings. The number of benzene rings is 1. The molecule has 2 aromatic rings. The van der Waals surface area contributed by atoms with Gasteiger partial charge in [-0.05, 0) is 41.8 Å². The van der Waals surface area contributed by atoms with Gasteiger partial charge < -0.3 is 19.5 Å². The molecule has 1 aromatic carbocycles. The molecule has 1 atom stereocenters. The first-order valence-electron chi connectivity index (χ1n) is 9.97. The van der Waals surface area contributed by atoms with Crippen LogP contribution in [0.15, 0.2) is 30.5 Å². The average Bonchev–Trinajstić information content (AvgIpc) is 3.25. The topological polar surface area (TPSA) is 63.6 Å². The highest BCUT2D eigenvalue weighted by molar-refractivity contribution is 5.99. The van der Waals surface area contributed by atoms with Gasteiger partial charge in [0.2, 0.25) is 11.8 Å². The van der Waals surface area contributed by atoms with Crippen LogP contribution in [0.4, 0.5) is 5.69 Å². The molecule has 6 heteroatoms. The molecule has 1 saturated heterocycles. The van der Waals surface area contributed by atoms with Crippen molar-refractivity contribution in [1.82, 2.24) is 9.47 Å². The zero-order valence-electron chi connectivity index (χ0n) is 17.3. The summed E-state index contributed by atoms with van der Waals surface area (Å²) >= 11 is 0. The molecule has 1 aliphatic heterocycles. The second-order valence-corrected chi connectivity index (χ2v) is 8.75. The van der Waals surface area contributed by atoms with E-state index in [9.17, 15) is 9.59 Å². The van der Waals surface area contributed by atoms with Crippen LogP contribution in [0, 0.1) is 5.41 Å². The minimum Gasteiger partial charge on any atom is -0.383 e. The minimum atomic E-state index is -0.383. The van der Waals surface area contributed by atoms with E-state index in [1.54, 1.807) is 12.0 Å². The molecule has 6 nitrogen and oxygen atoms in total. The molecule has 1 unspecified atom stereocenters. The summed E-state index contributed by atoms with van der Waals surface area (Å²) in [6.07, 6.45) is 4.07. The van der Waals surface area contributed by atoms with Crippen molar-refractivity contribution < 1.29 is 14.3 Å². The Balaban J connectivity index is 1.72. The normalized spacial score (nSPS) is 17.3. The van der Waals surface area contributed by atoms with Gasteiger partial charge in [-0.1, -0.05) is 26.8 Å². The van der Waals surface area contributed by atoms with Crippen molar-refractivity contribution in [3.63, 3.8) is 0 Å². The maximum absolute atomic E-state index is 12.9. The number of nitrogens with one attached hydrogen (secondary N) is 1. The fourth-order valence-corrected chi connectivity index (χ4v) is 3.76. The molecule has 0 bridgehead atoms. The number of hydrogen-bond acceptors (Lipinski definition) is 3. The van der Waals surface area contributed by atoms with E-state index >= 15 is 0 Å². The quantitative estimate of drug-likeness (QED) is 0.825. The average molecular weight is 386 g/mol. The van der Waals surface area contributed by atoms with Gasteiger partial charge in [0.05, 0.1) is 12.1 Å². The van der Waals surface area contributed by atoms with Crippen LogP contribution in [0.25, 0.3) is 10.9 Å². The Hall–Kier alpha value is -2.34. The van der Waals surface area contributed by atoms with E-state index in [0.29, 0.717) is 26.0 Å². The number of anilines is 1. The Morgan fingerprint density at radius 2 is 2.04 bits per heavy atom. The van der Waals surface area contributed by atoms with E-state index in [-0.39, 0.29) is 23.3 Å². The Bertz CT molecular complexity index is 850. The van der Waals surface area contributed by atoms with Crippen LogP contribution in [0.5, 0.6) is 0 Å². The van der Waals surface area contributed by atoms with Gasteiger partial charge in [0.25, 0.3) is 0 Å². The first-order valence-corrected chi connectivity index (χ1v) is 9.97. The maximum atomic E-state index is 12.9. The Morgan fingerprint density at radius 3 is 2.75 bits per heavy atom. The lowest BCUT2D eigenvalue weighted by molar-refractivity contribution is -0.138. The van der Waals surface area contributed by atoms with E-state index in [0.717, 1.165) is 29.6 Å². The van der Waals surface area contributed by atoms with Crippen LogP contribution >= 0.6 is 0 Å². The number of carbonyl (C=O) groups is 2. The van der Waals surface area contributed by atoms with Crippen LogP contribution in [-0.2, 0) is 20.9 Å². The maximum Gasteiger partial charge on any atom is 0.247 e. The molecule has 1 N–H and O–H groups in total. The molecule has 2 amide bonds. The third kappa shape index (κ3) is 4.73. The SMILES string of the molecule is COCCn1ccc2ccc(NC(=O)C3CCCN3C(=O)CC(C)(C)C)cc21. The van der Waals surface area contributed by atoms with Crippen molar-refractivity contribution in [1.29, 1.82) is 0 Å². The molecule has 1 aromatic heterocycles. The highest BCUT2D eigenvalue weighted by atomic mass is 16.5. The number of methoxy groups -OCH3 is 1. The number of nitrogens with zero attached hydrogens (tertiary/aromatic N) is 2. The smallest absolute Gasteiger partial charge is 0.247 e. The predicted molar refractivity (Wildman–Crippen MR) is 111 cm³/mol. The monoisotopic (exact) mass is 385 g/mol. The van der Waals surface area contributed by atoms with E-state index in [4.69, 9.17) is 4.74 Å². The zero-order valence-corrected chi connectivity index (χ0v) is 17.3. The van der Waals surface area contributed by atoms with Crippen LogP contribution in [0.1, 0.15) is 40.0 Å². The second-order valence-electron chi connectivity index (χ2n) is 8.75. The largest absolute Gasteiger partial charge is 0.383 e. The minimum absolute atomic E-state index is 0.0639. The van der Waals surface area contributed by atoms with Gasteiger partial charge in [0.15, 0.2) is 0 Å². The summed E-state index contributed by atoms with van der Waals surface area (Å²) in [5.74, 6) is -0.0387. The zero-order chi connectivity index (χ0) is 20.3. The van der Waals surface area contributed by atoms with Crippen molar-refractivity contribution in [3.8, 4) is 0 Å². The number of aromatic nitrogens is 1. The van der Waals surface area contributed by atoms with E-state index < -0.39 is 0 Å². The fourth-order valence-electron chi connectivity index (χ4n) is 3.76. The fraction of sp³-hybridized carbons (Fsp3) is 0.545. The molecule has 0 radical (unpaired) electrons. The molecule has 2 heterocycles. The number of hydrogen-bond donors (Lipinski definition) is 1. The lowest BCUT2D eigenvalue weighted by Crippen LogP contribution is -2.44. The molecule has 3 rings (SSSR count). The molecule has 0 aliphatic carbocycles. The van der Waals surface area contributed by atoms with Gasteiger partial charge in [-0.15, -0.1) is 0 Å². The molecular weight excluding hydrogens is 354 g/mol. The molecule has 1 fully saturated rings. The highest BCUT2D eigenvalue weighted by Gasteiger charge is 2.35. The van der Waals surface area contributed by atoms with Crippen LogP contribution in [0.2, 0.25) is 0 Å². The summed E-state index contributed by atoms with van der Waals surface area (Å²) in [6.45, 7) is 8.19. The van der Waals surface area contributed by atoms with E-state index in [1.165, 1.54) is 0 Å². The number of amides is 2. The lowest BCUT2D eigenvalue weighted by atomic mass is 9.91. The highest BCUT2D eigenvalue weighted by Crippen LogP contribution is 2.26. The first kappa shape index (κ1) is 20.4. The summed E-state index contributed by atoms with van der Waals surface area (Å²) < 4.78 is 7.28. The Labute approximate surface area is 166 Å². The van der Waals surface area contributed by atoms with Crippen molar-refractivity contribution in [2.75, 3.05) is 25.6 Å². The van der Waals surface area contributed by atoms with Gasteiger partial charge in [-0.3, -0.25) is 9.59 Å². The lowest BCUT2D eigenvalue weighted by Gasteiger charge is -2.27. The predicted octanol–water partition coefficient (Wildman–Crippen LogP) is 3.65. The van der Waals surface area contributed by atoms with Crippen molar-refractivity contribution >= 4 is 28.4 Å². The van der Waals surface area contributed by atoms with Crippen molar-refractivity contribution in [2.45, 2.75) is 52.6 Å². The second kappa shape index (κ2) is 8.35. The number of carbonyl (C=O) groups excluding carboxylic acids is 2. The van der Waals surface area contributed by atoms with Gasteiger partial charge in [0.1, 0.15) is 6.04 Å². The summed E-state index contributed by atoms with van der Waals surface area (Å²) in [4.78, 5) is 27.3. The Kier molecular flexibility index (Phi) is 6.08. The summed E-state index contributed by atoms with van der Waals surface area (Å²) in [7, 11) is 1.69. The van der Waals surface area contributed by atoms with Gasteiger partial charge in [-0.2, -0.15) is 0 Å². The molecule has 0 spiro atoms. The summed E-state index contributed by atoms with van der Waals surface area (Å²) in [5, 5.41) is 4.14. The van der Waals surface area contributed by atoms with Crippen molar-refractivity contribution in [2.24, 2.45) is 5.41 Å². The van der Waals surface area contributed by atoms with Crippen LogP contribution < -0.4 is 5.32 Å². The van der Waals surface area contributed by atoms with Gasteiger partial charge >= 0.3 is 0 Å². The van der Waals surface area contributed by atoms with Crippen LogP contribution in [0.3, 0.4) is 0 Å². The third-order valence-electron chi connectivity index (χ3n) is 5.14. The molecule has 0 saturated carbocycles. The number of fused-ring (bicyclic) bond motifs is 1. The molecular formula is C22H31N3O3. The van der Waals surface area contributed by atoms with Gasteiger partial charge in [-0.25, -0.2) is 0 Å². The third-order valence-corrected chi connectivity index (χ3v) is 5.14. The van der Waals surface area contributed by atoms with E-state index in [1.807, 2.05) is 45.2 Å². The Morgan fingerprint density at radius 1 is 1.25 bits per heavy atom. The van der Waals surface area contributed by atoms with Gasteiger partial charge in [0, 0.05) is 38.5 Å². The first-order chi connectivity index (χ1) is 13.3. The summed E-state index contributed by atoms with van der Waals surface area (Å²) in [5.41, 5.74) is 1.73. The standard InChI is InChI=1S/C22H31N3O3/c1-22(2,3)15-20(26)25-10-5-6-18(25)21(27)23-17-8-7-16-9-11-24(12-13-28-4)19(16)14-17/h7-9,11,14,18H,5-6,10,12-13,15H2,1-4H3,(H,23,27). The molecule has 152 valence electrons. The number of likely N-dealkylation sites (tertiary alicyclic amines) is 1. The van der Waals surface area contributed by atoms with Crippen LogP contribution in [-0.4, -0.2) is 47.6 Å². The van der Waals surface area contributed by atoms with Crippen molar-refractivity contribution in [3.05, 3.63) is 30.5 Å². The summed E-state index contributed by atoms with van der Waals surface area (Å²) in [6, 6.07) is 7.58. The number of rotatable bonds is 6.